The topological polar surface area (TPSA) is 71.5 Å². The van der Waals surface area contributed by atoms with Crippen molar-refractivity contribution in [1.82, 2.24) is 20.8 Å². The largest absolute Gasteiger partial charge is 0.378 e. The zero-order valence-corrected chi connectivity index (χ0v) is 15.1. The van der Waals surface area contributed by atoms with Crippen molar-refractivity contribution in [3.05, 3.63) is 18.1 Å². The van der Waals surface area contributed by atoms with Gasteiger partial charge in [0.05, 0.1) is 30.6 Å². The molecule has 3 heterocycles. The monoisotopic (exact) mass is 347 g/mol. The van der Waals surface area contributed by atoms with Crippen LogP contribution in [0.25, 0.3) is 0 Å². The number of aromatic nitrogens is 2. The van der Waals surface area contributed by atoms with E-state index in [4.69, 9.17) is 9.47 Å². The van der Waals surface area contributed by atoms with Crippen LogP contribution in [0, 0.1) is 5.92 Å². The second kappa shape index (κ2) is 7.53. The highest BCUT2D eigenvalue weighted by Gasteiger charge is 2.42. The summed E-state index contributed by atoms with van der Waals surface area (Å²) in [5.74, 6) is 1.51. The molecule has 2 N–H and O–H groups in total. The van der Waals surface area contributed by atoms with Crippen molar-refractivity contribution in [3.8, 4) is 0 Å². The molecule has 0 radical (unpaired) electrons. The number of hydrazine groups is 1. The number of fused-ring (bicyclic) bond motifs is 1. The maximum atomic E-state index is 5.90. The number of nitrogens with zero attached hydrogens (tertiary/aromatic N) is 3. The first-order valence-corrected chi connectivity index (χ1v) is 9.55. The van der Waals surface area contributed by atoms with E-state index in [1.807, 2.05) is 0 Å². The van der Waals surface area contributed by atoms with E-state index in [9.17, 15) is 0 Å². The van der Waals surface area contributed by atoms with Gasteiger partial charge < -0.3 is 14.4 Å². The summed E-state index contributed by atoms with van der Waals surface area (Å²) in [5, 5.41) is 0. The van der Waals surface area contributed by atoms with Crippen molar-refractivity contribution < 1.29 is 9.47 Å². The van der Waals surface area contributed by atoms with Crippen molar-refractivity contribution in [1.29, 1.82) is 0 Å². The van der Waals surface area contributed by atoms with Gasteiger partial charge in [-0.05, 0) is 33.1 Å². The van der Waals surface area contributed by atoms with Crippen molar-refractivity contribution in [2.45, 2.75) is 57.4 Å². The lowest BCUT2D eigenvalue weighted by atomic mass is 9.79. The highest BCUT2D eigenvalue weighted by atomic mass is 16.5. The lowest BCUT2D eigenvalue weighted by molar-refractivity contribution is 0.0149. The summed E-state index contributed by atoms with van der Waals surface area (Å²) < 4.78 is 11.5. The van der Waals surface area contributed by atoms with Crippen LogP contribution in [-0.4, -0.2) is 54.5 Å². The fraction of sp³-hybridized carbons (Fsp3) is 0.778. The molecule has 1 aromatic heterocycles. The van der Waals surface area contributed by atoms with Gasteiger partial charge in [0.15, 0.2) is 0 Å². The molecule has 1 saturated carbocycles. The van der Waals surface area contributed by atoms with Gasteiger partial charge in [-0.25, -0.2) is 15.4 Å². The molecule has 3 aliphatic rings. The Bertz CT molecular complexity index is 586. The predicted octanol–water partition coefficient (Wildman–Crippen LogP) is 1.42. The smallest absolute Gasteiger partial charge is 0.132 e. The van der Waals surface area contributed by atoms with Gasteiger partial charge in [-0.2, -0.15) is 0 Å². The van der Waals surface area contributed by atoms with Gasteiger partial charge in [0.1, 0.15) is 12.1 Å². The summed E-state index contributed by atoms with van der Waals surface area (Å²) in [6.07, 6.45) is 5.68. The Morgan fingerprint density at radius 2 is 2.24 bits per heavy atom. The van der Waals surface area contributed by atoms with E-state index in [0.29, 0.717) is 18.1 Å². The fourth-order valence-corrected chi connectivity index (χ4v) is 4.43. The Labute approximate surface area is 149 Å². The molecule has 0 amide bonds. The van der Waals surface area contributed by atoms with E-state index in [1.165, 1.54) is 0 Å². The van der Waals surface area contributed by atoms with Gasteiger partial charge in [0.25, 0.3) is 0 Å². The van der Waals surface area contributed by atoms with Crippen LogP contribution in [0.15, 0.2) is 12.4 Å². The molecule has 2 saturated heterocycles. The number of nitrogens with one attached hydrogen (secondary N) is 2. The molecule has 5 atom stereocenters. The Morgan fingerprint density at radius 3 is 3.08 bits per heavy atom. The molecule has 1 aromatic rings. The molecule has 25 heavy (non-hydrogen) atoms. The van der Waals surface area contributed by atoms with Crippen LogP contribution < -0.4 is 15.8 Å². The molecule has 4 unspecified atom stereocenters. The van der Waals surface area contributed by atoms with Crippen LogP contribution >= 0.6 is 0 Å². The molecule has 2 aliphatic heterocycles. The first-order valence-electron chi connectivity index (χ1n) is 9.55. The minimum absolute atomic E-state index is 0.216. The number of hydrogen-bond donors (Lipinski definition) is 2. The molecule has 4 rings (SSSR count). The normalized spacial score (nSPS) is 35.6. The summed E-state index contributed by atoms with van der Waals surface area (Å²) in [5.41, 5.74) is 8.02. The van der Waals surface area contributed by atoms with E-state index in [-0.39, 0.29) is 12.1 Å². The second-order valence-electron chi connectivity index (χ2n) is 7.36. The fourth-order valence-electron chi connectivity index (χ4n) is 4.43. The molecular weight excluding hydrogens is 318 g/mol. The molecule has 7 heteroatoms. The molecule has 138 valence electrons. The van der Waals surface area contributed by atoms with Crippen molar-refractivity contribution in [2.75, 3.05) is 31.2 Å². The highest BCUT2D eigenvalue weighted by Crippen LogP contribution is 2.38. The lowest BCUT2D eigenvalue weighted by Crippen LogP contribution is -2.41. The number of hydrogen-bond acceptors (Lipinski definition) is 7. The summed E-state index contributed by atoms with van der Waals surface area (Å²) in [6, 6.07) is 2.86. The van der Waals surface area contributed by atoms with Crippen molar-refractivity contribution >= 4 is 5.82 Å². The molecule has 0 aromatic carbocycles. The lowest BCUT2D eigenvalue weighted by Gasteiger charge is -2.33. The first-order chi connectivity index (χ1) is 12.2. The Balaban J connectivity index is 1.50. The third kappa shape index (κ3) is 3.65. The average molecular weight is 347 g/mol. The molecule has 0 bridgehead atoms. The number of rotatable bonds is 4. The summed E-state index contributed by atoms with van der Waals surface area (Å²) >= 11 is 0. The van der Waals surface area contributed by atoms with Crippen molar-refractivity contribution in [2.24, 2.45) is 5.92 Å². The van der Waals surface area contributed by atoms with Crippen LogP contribution in [0.4, 0.5) is 5.82 Å². The van der Waals surface area contributed by atoms with Gasteiger partial charge in [-0.15, -0.1) is 0 Å². The first kappa shape index (κ1) is 17.1. The quantitative estimate of drug-likeness (QED) is 0.853. The van der Waals surface area contributed by atoms with Gasteiger partial charge >= 0.3 is 0 Å². The molecule has 7 nitrogen and oxygen atoms in total. The van der Waals surface area contributed by atoms with E-state index in [2.05, 4.69) is 45.6 Å². The number of anilines is 1. The van der Waals surface area contributed by atoms with Crippen LogP contribution in [-0.2, 0) is 9.47 Å². The number of ether oxygens (including phenoxy) is 2. The minimum atomic E-state index is 0.216. The van der Waals surface area contributed by atoms with Crippen molar-refractivity contribution in [3.63, 3.8) is 0 Å². The van der Waals surface area contributed by atoms with Crippen LogP contribution in [0.5, 0.6) is 0 Å². The second-order valence-corrected chi connectivity index (χ2v) is 7.36. The Kier molecular flexibility index (Phi) is 5.17. The van der Waals surface area contributed by atoms with Gasteiger partial charge in [-0.3, -0.25) is 5.43 Å². The molecule has 1 aliphatic carbocycles. The minimum Gasteiger partial charge on any atom is -0.378 e. The van der Waals surface area contributed by atoms with Crippen LogP contribution in [0.1, 0.15) is 44.8 Å². The summed E-state index contributed by atoms with van der Waals surface area (Å²) in [4.78, 5) is 11.4. The Morgan fingerprint density at radius 1 is 1.32 bits per heavy atom. The highest BCUT2D eigenvalue weighted by molar-refractivity contribution is 5.40. The van der Waals surface area contributed by atoms with Gasteiger partial charge in [0, 0.05) is 37.7 Å². The van der Waals surface area contributed by atoms with E-state index < -0.39 is 0 Å². The third-order valence-corrected chi connectivity index (χ3v) is 5.66. The standard InChI is InChI=1S/C18H29N5O2/c1-3-24-13-4-5-15-14(8-13)18(22-21-15)16-9-17(20-11-19-16)23-6-7-25-12(2)10-23/h9,11-15,18,21-22H,3-8,10H2,1-2H3/t12-,13?,14?,15?,18?/m0/s1. The zero-order valence-electron chi connectivity index (χ0n) is 15.1. The summed E-state index contributed by atoms with van der Waals surface area (Å²) in [6.45, 7) is 7.50. The average Bonchev–Trinajstić information content (AvgIpc) is 3.05. The third-order valence-electron chi connectivity index (χ3n) is 5.66. The maximum absolute atomic E-state index is 5.90. The van der Waals surface area contributed by atoms with E-state index >= 15 is 0 Å². The summed E-state index contributed by atoms with van der Waals surface area (Å²) in [7, 11) is 0. The maximum Gasteiger partial charge on any atom is 0.132 e. The molecule has 0 spiro atoms. The van der Waals surface area contributed by atoms with Crippen LogP contribution in [0.3, 0.4) is 0 Å². The van der Waals surface area contributed by atoms with E-state index in [0.717, 1.165) is 57.1 Å². The number of morpholine rings is 1. The van der Waals surface area contributed by atoms with Gasteiger partial charge in [-0.1, -0.05) is 0 Å². The van der Waals surface area contributed by atoms with Gasteiger partial charge in [0.2, 0.25) is 0 Å². The zero-order chi connectivity index (χ0) is 17.2. The van der Waals surface area contributed by atoms with E-state index in [1.54, 1.807) is 6.33 Å². The molecular formula is C18H29N5O2. The molecule has 3 fully saturated rings. The Hall–Kier alpha value is -1.28. The van der Waals surface area contributed by atoms with Crippen LogP contribution in [0.2, 0.25) is 0 Å². The SMILES string of the molecule is CCOC1CCC2NNC(c3cc(N4CCO[C@@H](C)C4)ncn3)C2C1. The predicted molar refractivity (Wildman–Crippen MR) is 95.2 cm³/mol.